The molecule has 2 fully saturated rings. The molecule has 186 valence electrons. The van der Waals surface area contributed by atoms with E-state index in [0.29, 0.717) is 51.6 Å². The molecule has 4 heterocycles. The Labute approximate surface area is 209 Å². The number of aromatic nitrogens is 3. The summed E-state index contributed by atoms with van der Waals surface area (Å²) in [7, 11) is 0. The van der Waals surface area contributed by atoms with Gasteiger partial charge in [0.1, 0.15) is 34.4 Å². The fourth-order valence-corrected chi connectivity index (χ4v) is 6.20. The summed E-state index contributed by atoms with van der Waals surface area (Å²) < 4.78 is 31.2. The third-order valence-corrected chi connectivity index (χ3v) is 7.90. The second-order valence-electron chi connectivity index (χ2n) is 10.4. The van der Waals surface area contributed by atoms with Gasteiger partial charge in [0.15, 0.2) is 5.82 Å². The number of hydrogen-bond acceptors (Lipinski definition) is 5. The predicted molar refractivity (Wildman–Crippen MR) is 138 cm³/mol. The topological polar surface area (TPSA) is 62.1 Å². The Kier molecular flexibility index (Phi) is 5.54. The first-order valence-corrected chi connectivity index (χ1v) is 13.0. The SMILES string of the molecule is CCc1c(F)ccc2cc(O)cc(-c3ncc4c(N5C6CCCC5CC6)nc(C(C)C)nc4c3F)c12. The fourth-order valence-electron chi connectivity index (χ4n) is 6.20. The molecule has 2 unspecified atom stereocenters. The summed E-state index contributed by atoms with van der Waals surface area (Å²) in [6.07, 6.45) is 7.79. The number of pyridine rings is 1. The zero-order valence-corrected chi connectivity index (χ0v) is 20.9. The number of phenolic OH excluding ortho intramolecular Hbond substituents is 1. The lowest BCUT2D eigenvalue weighted by atomic mass is 9.94. The Morgan fingerprint density at radius 2 is 1.81 bits per heavy atom. The maximum atomic E-state index is 16.4. The number of anilines is 1. The molecule has 6 rings (SSSR count). The minimum absolute atomic E-state index is 0.0222. The zero-order valence-electron chi connectivity index (χ0n) is 20.9. The molecule has 2 aliphatic heterocycles. The van der Waals surface area contributed by atoms with E-state index in [4.69, 9.17) is 4.98 Å². The van der Waals surface area contributed by atoms with Crippen molar-refractivity contribution in [2.24, 2.45) is 0 Å². The van der Waals surface area contributed by atoms with Gasteiger partial charge in [-0.1, -0.05) is 26.8 Å². The van der Waals surface area contributed by atoms with Crippen molar-refractivity contribution >= 4 is 27.5 Å². The van der Waals surface area contributed by atoms with Crippen LogP contribution in [0.25, 0.3) is 32.9 Å². The molecule has 1 N–H and O–H groups in total. The van der Waals surface area contributed by atoms with Crippen LogP contribution in [0.15, 0.2) is 30.5 Å². The number of aromatic hydroxyl groups is 1. The number of fused-ring (bicyclic) bond motifs is 4. The molecule has 2 bridgehead atoms. The van der Waals surface area contributed by atoms with Crippen LogP contribution < -0.4 is 4.90 Å². The number of aryl methyl sites for hydroxylation is 1. The van der Waals surface area contributed by atoms with Gasteiger partial charge in [-0.05, 0) is 73.1 Å². The highest BCUT2D eigenvalue weighted by molar-refractivity contribution is 6.01. The maximum Gasteiger partial charge on any atom is 0.175 e. The Morgan fingerprint density at radius 3 is 2.50 bits per heavy atom. The number of hydrogen-bond donors (Lipinski definition) is 1. The molecule has 2 aromatic carbocycles. The molecular formula is C29H30F2N4O. The first-order chi connectivity index (χ1) is 17.4. The summed E-state index contributed by atoms with van der Waals surface area (Å²) >= 11 is 0. The van der Waals surface area contributed by atoms with E-state index in [2.05, 4.69) is 14.9 Å². The molecule has 2 saturated heterocycles. The summed E-state index contributed by atoms with van der Waals surface area (Å²) in [4.78, 5) is 16.5. The van der Waals surface area contributed by atoms with Gasteiger partial charge in [-0.3, -0.25) is 4.98 Å². The Balaban J connectivity index is 1.63. The molecule has 0 aliphatic carbocycles. The van der Waals surface area contributed by atoms with Gasteiger partial charge in [-0.2, -0.15) is 0 Å². The van der Waals surface area contributed by atoms with Crippen LogP contribution in [0.3, 0.4) is 0 Å². The summed E-state index contributed by atoms with van der Waals surface area (Å²) in [5.74, 6) is 0.443. The minimum Gasteiger partial charge on any atom is -0.508 e. The van der Waals surface area contributed by atoms with Crippen molar-refractivity contribution in [1.82, 2.24) is 15.0 Å². The van der Waals surface area contributed by atoms with Crippen LogP contribution in [0, 0.1) is 11.6 Å². The average Bonchev–Trinajstić information content (AvgIpc) is 3.10. The monoisotopic (exact) mass is 488 g/mol. The van der Waals surface area contributed by atoms with Gasteiger partial charge in [0, 0.05) is 29.8 Å². The normalized spacial score (nSPS) is 19.7. The van der Waals surface area contributed by atoms with Gasteiger partial charge >= 0.3 is 0 Å². The highest BCUT2D eigenvalue weighted by Gasteiger charge is 2.38. The predicted octanol–water partition coefficient (Wildman–Crippen LogP) is 7.04. The number of benzene rings is 2. The molecule has 0 radical (unpaired) electrons. The van der Waals surface area contributed by atoms with Crippen LogP contribution in [0.2, 0.25) is 0 Å². The largest absolute Gasteiger partial charge is 0.508 e. The van der Waals surface area contributed by atoms with Crippen LogP contribution in [0.4, 0.5) is 14.6 Å². The number of halogens is 2. The third-order valence-electron chi connectivity index (χ3n) is 7.90. The lowest BCUT2D eigenvalue weighted by molar-refractivity contribution is 0.464. The van der Waals surface area contributed by atoms with Crippen molar-refractivity contribution in [1.29, 1.82) is 0 Å². The molecule has 0 saturated carbocycles. The van der Waals surface area contributed by atoms with E-state index in [1.165, 1.54) is 18.6 Å². The number of nitrogens with zero attached hydrogens (tertiary/aromatic N) is 4. The van der Waals surface area contributed by atoms with E-state index in [-0.39, 0.29) is 28.7 Å². The van der Waals surface area contributed by atoms with E-state index >= 15 is 4.39 Å². The van der Waals surface area contributed by atoms with Crippen molar-refractivity contribution in [2.45, 2.75) is 77.3 Å². The van der Waals surface area contributed by atoms with E-state index in [0.717, 1.165) is 31.5 Å². The zero-order chi connectivity index (χ0) is 25.1. The summed E-state index contributed by atoms with van der Waals surface area (Å²) in [6, 6.07) is 6.85. The fraction of sp³-hybridized carbons (Fsp3) is 0.414. The highest BCUT2D eigenvalue weighted by Crippen LogP contribution is 2.43. The lowest BCUT2D eigenvalue weighted by Gasteiger charge is -2.36. The Hall–Kier alpha value is -3.35. The third kappa shape index (κ3) is 3.51. The van der Waals surface area contributed by atoms with Crippen molar-refractivity contribution < 1.29 is 13.9 Å². The second kappa shape index (κ2) is 8.64. The number of phenols is 1. The van der Waals surface area contributed by atoms with Crippen LogP contribution in [-0.4, -0.2) is 32.1 Å². The van der Waals surface area contributed by atoms with Crippen molar-refractivity contribution in [3.8, 4) is 17.0 Å². The molecule has 0 amide bonds. The molecule has 36 heavy (non-hydrogen) atoms. The lowest BCUT2D eigenvalue weighted by Crippen LogP contribution is -2.40. The quantitative estimate of drug-likeness (QED) is 0.334. The molecule has 7 heteroatoms. The van der Waals surface area contributed by atoms with Gasteiger partial charge in [0.25, 0.3) is 0 Å². The molecular weight excluding hydrogens is 458 g/mol. The molecule has 5 nitrogen and oxygen atoms in total. The molecule has 2 atom stereocenters. The van der Waals surface area contributed by atoms with Gasteiger partial charge in [-0.15, -0.1) is 0 Å². The smallest absolute Gasteiger partial charge is 0.175 e. The van der Waals surface area contributed by atoms with Crippen LogP contribution in [0.5, 0.6) is 5.75 Å². The van der Waals surface area contributed by atoms with Gasteiger partial charge < -0.3 is 10.0 Å². The van der Waals surface area contributed by atoms with Crippen LogP contribution in [0.1, 0.15) is 70.2 Å². The van der Waals surface area contributed by atoms with Crippen molar-refractivity contribution in [3.05, 3.63) is 53.5 Å². The van der Waals surface area contributed by atoms with Crippen molar-refractivity contribution in [3.63, 3.8) is 0 Å². The molecule has 0 spiro atoms. The van der Waals surface area contributed by atoms with Gasteiger partial charge in [-0.25, -0.2) is 18.7 Å². The van der Waals surface area contributed by atoms with E-state index < -0.39 is 5.82 Å². The molecule has 4 aromatic rings. The molecule has 2 aromatic heterocycles. The van der Waals surface area contributed by atoms with E-state index in [1.807, 2.05) is 20.8 Å². The first-order valence-electron chi connectivity index (χ1n) is 13.0. The summed E-state index contributed by atoms with van der Waals surface area (Å²) in [6.45, 7) is 5.88. The van der Waals surface area contributed by atoms with E-state index in [9.17, 15) is 9.50 Å². The Morgan fingerprint density at radius 1 is 1.06 bits per heavy atom. The summed E-state index contributed by atoms with van der Waals surface area (Å²) in [5.41, 5.74) is 1.12. The molecule has 2 aliphatic rings. The number of rotatable bonds is 4. The standard InChI is InChI=1S/C29H30F2N4O/c1-4-20-23(30)11-8-16-12-19(36)13-21(24(16)20)26-25(31)27-22(14-32-26)29(34-28(33-27)15(2)3)35-17-6-5-7-18(35)10-9-17/h8,11-15,17-18,36H,4-7,9-10H2,1-3H3. The van der Waals surface area contributed by atoms with Gasteiger partial charge in [0.2, 0.25) is 0 Å². The van der Waals surface area contributed by atoms with Gasteiger partial charge in [0.05, 0.1) is 5.39 Å². The summed E-state index contributed by atoms with van der Waals surface area (Å²) in [5, 5.41) is 12.2. The average molecular weight is 489 g/mol. The minimum atomic E-state index is -0.569. The Bertz CT molecular complexity index is 1490. The first kappa shape index (κ1) is 23.1. The highest BCUT2D eigenvalue weighted by atomic mass is 19.1. The maximum absolute atomic E-state index is 16.4. The second-order valence-corrected chi connectivity index (χ2v) is 10.4. The number of piperidine rings is 1. The van der Waals surface area contributed by atoms with E-state index in [1.54, 1.807) is 18.3 Å². The van der Waals surface area contributed by atoms with Crippen LogP contribution in [-0.2, 0) is 6.42 Å². The van der Waals surface area contributed by atoms with Crippen molar-refractivity contribution in [2.75, 3.05) is 4.90 Å². The van der Waals surface area contributed by atoms with Crippen LogP contribution >= 0.6 is 0 Å².